The summed E-state index contributed by atoms with van der Waals surface area (Å²) in [6, 6.07) is 10.0. The molecule has 1 N–H and O–H groups in total. The van der Waals surface area contributed by atoms with Crippen LogP contribution in [-0.2, 0) is 20.9 Å². The van der Waals surface area contributed by atoms with Crippen LogP contribution < -0.4 is 0 Å². The van der Waals surface area contributed by atoms with E-state index in [1.165, 1.54) is 12.0 Å². The number of benzene rings is 1. The van der Waals surface area contributed by atoms with E-state index in [1.54, 1.807) is 0 Å². The number of carbonyl (C=O) groups excluding carboxylic acids is 1. The van der Waals surface area contributed by atoms with Crippen LogP contribution in [0, 0.1) is 5.41 Å². The van der Waals surface area contributed by atoms with Crippen LogP contribution in [-0.4, -0.2) is 31.2 Å². The SMILES string of the molecule is C=Cc1cccc(COCCC)c1.N=C=NCC(=O)OC1CCCCC1. The van der Waals surface area contributed by atoms with Gasteiger partial charge in [0.2, 0.25) is 0 Å². The molecule has 2 rings (SSSR count). The zero-order valence-corrected chi connectivity index (χ0v) is 15.7. The second-order valence-corrected chi connectivity index (χ2v) is 6.18. The van der Waals surface area contributed by atoms with E-state index in [1.807, 2.05) is 24.2 Å². The summed E-state index contributed by atoms with van der Waals surface area (Å²) in [5.74, 6) is -0.341. The van der Waals surface area contributed by atoms with Gasteiger partial charge in [0.1, 0.15) is 12.6 Å². The quantitative estimate of drug-likeness (QED) is 0.409. The molecule has 0 atom stereocenters. The van der Waals surface area contributed by atoms with E-state index in [2.05, 4.69) is 30.6 Å². The minimum atomic E-state index is -0.341. The number of hydrogen-bond acceptors (Lipinski definition) is 5. The lowest BCUT2D eigenvalue weighted by atomic mass is 9.98. The summed E-state index contributed by atoms with van der Waals surface area (Å²) in [5.41, 5.74) is 2.36. The normalized spacial score (nSPS) is 13.7. The summed E-state index contributed by atoms with van der Waals surface area (Å²) < 4.78 is 10.6. The first-order chi connectivity index (χ1) is 12.7. The number of carbonyl (C=O) groups is 1. The molecule has 142 valence electrons. The Kier molecular flexibility index (Phi) is 11.7. The molecule has 1 saturated carbocycles. The Morgan fingerprint density at radius 2 is 2.15 bits per heavy atom. The minimum absolute atomic E-state index is 0.0694. The summed E-state index contributed by atoms with van der Waals surface area (Å²) >= 11 is 0. The molecular weight excluding hydrogens is 328 g/mol. The number of esters is 1. The monoisotopic (exact) mass is 358 g/mol. The highest BCUT2D eigenvalue weighted by Crippen LogP contribution is 2.20. The van der Waals surface area contributed by atoms with Crippen molar-refractivity contribution in [3.05, 3.63) is 42.0 Å². The maximum absolute atomic E-state index is 11.0. The standard InChI is InChI=1S/C12H16O.C9H14N2O2/c1-3-8-13-10-12-7-5-6-11(4-2)9-12;10-7-11-6-9(12)13-8-4-2-1-3-5-8/h4-7,9H,2-3,8,10H2,1H3;8,10H,1-6H2. The molecule has 1 aromatic carbocycles. The first-order valence-corrected chi connectivity index (χ1v) is 9.26. The van der Waals surface area contributed by atoms with E-state index < -0.39 is 0 Å². The Morgan fingerprint density at radius 3 is 2.81 bits per heavy atom. The number of aliphatic imine (C=N–C) groups is 1. The van der Waals surface area contributed by atoms with Gasteiger partial charge in [-0.1, -0.05) is 44.2 Å². The van der Waals surface area contributed by atoms with E-state index >= 15 is 0 Å². The van der Waals surface area contributed by atoms with Crippen LogP contribution in [0.25, 0.3) is 6.08 Å². The summed E-state index contributed by atoms with van der Waals surface area (Å²) in [6.07, 6.45) is 8.48. The fourth-order valence-corrected chi connectivity index (χ4v) is 2.65. The molecule has 0 amide bonds. The fraction of sp³-hybridized carbons (Fsp3) is 0.524. The topological polar surface area (TPSA) is 71.7 Å². The number of hydrogen-bond donors (Lipinski definition) is 1. The number of nitrogens with one attached hydrogen (secondary N) is 1. The highest BCUT2D eigenvalue weighted by molar-refractivity contribution is 5.72. The van der Waals surface area contributed by atoms with Crippen molar-refractivity contribution >= 4 is 18.1 Å². The Hall–Kier alpha value is -2.23. The zero-order valence-electron chi connectivity index (χ0n) is 15.7. The van der Waals surface area contributed by atoms with Crippen LogP contribution in [0.4, 0.5) is 0 Å². The average Bonchev–Trinajstić information content (AvgIpc) is 2.68. The van der Waals surface area contributed by atoms with Crippen molar-refractivity contribution in [3.8, 4) is 0 Å². The summed E-state index contributed by atoms with van der Waals surface area (Å²) in [4.78, 5) is 14.4. The molecule has 5 nitrogen and oxygen atoms in total. The summed E-state index contributed by atoms with van der Waals surface area (Å²) in [5, 5.41) is 6.49. The highest BCUT2D eigenvalue weighted by Gasteiger charge is 2.16. The van der Waals surface area contributed by atoms with Crippen molar-refractivity contribution in [1.29, 1.82) is 5.41 Å². The maximum atomic E-state index is 11.0. The van der Waals surface area contributed by atoms with Gasteiger partial charge in [-0.05, 0) is 49.3 Å². The largest absolute Gasteiger partial charge is 0.461 e. The van der Waals surface area contributed by atoms with E-state index in [9.17, 15) is 4.79 Å². The Balaban J connectivity index is 0.000000260. The van der Waals surface area contributed by atoms with E-state index in [0.717, 1.165) is 44.3 Å². The maximum Gasteiger partial charge on any atom is 0.328 e. The van der Waals surface area contributed by atoms with Gasteiger partial charge < -0.3 is 9.47 Å². The molecule has 1 fully saturated rings. The summed E-state index contributed by atoms with van der Waals surface area (Å²) in [7, 11) is 0. The van der Waals surface area contributed by atoms with E-state index in [4.69, 9.17) is 14.9 Å². The molecule has 5 heteroatoms. The molecule has 0 aliphatic heterocycles. The zero-order chi connectivity index (χ0) is 19.0. The van der Waals surface area contributed by atoms with Crippen LogP contribution in [0.5, 0.6) is 0 Å². The molecule has 1 aliphatic carbocycles. The van der Waals surface area contributed by atoms with Gasteiger partial charge in [0.05, 0.1) is 12.6 Å². The molecular formula is C21H30N2O3. The molecule has 26 heavy (non-hydrogen) atoms. The first-order valence-electron chi connectivity index (χ1n) is 9.26. The second kappa shape index (κ2) is 14.0. The molecule has 1 aliphatic rings. The smallest absolute Gasteiger partial charge is 0.328 e. The summed E-state index contributed by atoms with van der Waals surface area (Å²) in [6.45, 7) is 7.31. The van der Waals surface area contributed by atoms with Crippen LogP contribution in [0.2, 0.25) is 0 Å². The van der Waals surface area contributed by atoms with Gasteiger partial charge in [0, 0.05) is 6.61 Å². The number of rotatable bonds is 8. The number of nitrogens with zero attached hydrogens (tertiary/aromatic N) is 1. The van der Waals surface area contributed by atoms with Crippen molar-refractivity contribution in [3.63, 3.8) is 0 Å². The molecule has 0 saturated heterocycles. The van der Waals surface area contributed by atoms with Crippen LogP contribution >= 0.6 is 0 Å². The van der Waals surface area contributed by atoms with Crippen molar-refractivity contribution in [2.45, 2.75) is 58.2 Å². The predicted octanol–water partition coefficient (Wildman–Crippen LogP) is 4.87. The van der Waals surface area contributed by atoms with Crippen molar-refractivity contribution in [1.82, 2.24) is 0 Å². The lowest BCUT2D eigenvalue weighted by molar-refractivity contribution is -0.148. The van der Waals surface area contributed by atoms with Crippen molar-refractivity contribution in [2.24, 2.45) is 4.99 Å². The molecule has 0 heterocycles. The van der Waals surface area contributed by atoms with Crippen molar-refractivity contribution in [2.75, 3.05) is 13.2 Å². The van der Waals surface area contributed by atoms with E-state index in [0.29, 0.717) is 6.61 Å². The molecule has 0 unspecified atom stereocenters. The van der Waals surface area contributed by atoms with Crippen LogP contribution in [0.3, 0.4) is 0 Å². The van der Waals surface area contributed by atoms with Gasteiger partial charge in [-0.15, -0.1) is 0 Å². The molecule has 0 spiro atoms. The molecule has 0 aromatic heterocycles. The lowest BCUT2D eigenvalue weighted by Crippen LogP contribution is -2.22. The molecule has 0 bridgehead atoms. The third kappa shape index (κ3) is 9.92. The van der Waals surface area contributed by atoms with Gasteiger partial charge in [0.25, 0.3) is 0 Å². The van der Waals surface area contributed by atoms with Crippen molar-refractivity contribution < 1.29 is 14.3 Å². The predicted molar refractivity (Wildman–Crippen MR) is 104 cm³/mol. The second-order valence-electron chi connectivity index (χ2n) is 6.18. The lowest BCUT2D eigenvalue weighted by Gasteiger charge is -2.21. The Morgan fingerprint density at radius 1 is 1.38 bits per heavy atom. The van der Waals surface area contributed by atoms with Gasteiger partial charge >= 0.3 is 5.97 Å². The third-order valence-electron chi connectivity index (χ3n) is 3.94. The van der Waals surface area contributed by atoms with Gasteiger partial charge in [0.15, 0.2) is 0 Å². The Bertz CT molecular complexity index is 589. The van der Waals surface area contributed by atoms with Gasteiger partial charge in [-0.2, -0.15) is 0 Å². The van der Waals surface area contributed by atoms with Gasteiger partial charge in [-0.3, -0.25) is 4.79 Å². The average molecular weight is 358 g/mol. The third-order valence-corrected chi connectivity index (χ3v) is 3.94. The highest BCUT2D eigenvalue weighted by atomic mass is 16.5. The van der Waals surface area contributed by atoms with E-state index in [-0.39, 0.29) is 18.6 Å². The number of ether oxygens (including phenoxy) is 2. The first kappa shape index (κ1) is 21.8. The van der Waals surface area contributed by atoms with Crippen LogP contribution in [0.15, 0.2) is 35.8 Å². The molecule has 0 radical (unpaired) electrons. The molecule has 1 aromatic rings. The fourth-order valence-electron chi connectivity index (χ4n) is 2.65. The van der Waals surface area contributed by atoms with Gasteiger partial charge in [-0.25, -0.2) is 10.4 Å². The minimum Gasteiger partial charge on any atom is -0.461 e. The Labute approximate surface area is 156 Å². The van der Waals surface area contributed by atoms with Crippen LogP contribution in [0.1, 0.15) is 56.6 Å².